The lowest BCUT2D eigenvalue weighted by atomic mass is 10.1. The number of nitro benzene ring substituents is 1. The van der Waals surface area contributed by atoms with Crippen LogP contribution in [0, 0.1) is 17.0 Å². The van der Waals surface area contributed by atoms with Gasteiger partial charge in [0.1, 0.15) is 5.38 Å². The van der Waals surface area contributed by atoms with Gasteiger partial charge in [-0.2, -0.15) is 0 Å². The zero-order valence-electron chi connectivity index (χ0n) is 16.4. The third-order valence-corrected chi connectivity index (χ3v) is 5.60. The fraction of sp³-hybridized carbons (Fsp3) is 0.250. The van der Waals surface area contributed by atoms with Crippen molar-refractivity contribution in [2.45, 2.75) is 36.7 Å². The van der Waals surface area contributed by atoms with Gasteiger partial charge < -0.3 is 5.32 Å². The number of nitrogens with one attached hydrogen (secondary N) is 1. The van der Waals surface area contributed by atoms with Gasteiger partial charge in [0.2, 0.25) is 5.91 Å². The summed E-state index contributed by atoms with van der Waals surface area (Å²) in [4.78, 5) is 22.4. The molecule has 0 bridgehead atoms. The first-order chi connectivity index (χ1) is 14.4. The van der Waals surface area contributed by atoms with Crippen molar-refractivity contribution in [2.24, 2.45) is 0 Å². The van der Waals surface area contributed by atoms with Crippen LogP contribution in [-0.4, -0.2) is 31.0 Å². The highest BCUT2D eigenvalue weighted by Gasteiger charge is 2.18. The first kappa shape index (κ1) is 21.8. The fourth-order valence-electron chi connectivity index (χ4n) is 2.71. The van der Waals surface area contributed by atoms with E-state index in [4.69, 9.17) is 11.6 Å². The maximum Gasteiger partial charge on any atom is 0.269 e. The van der Waals surface area contributed by atoms with E-state index in [9.17, 15) is 14.9 Å². The number of benzene rings is 2. The van der Waals surface area contributed by atoms with Crippen molar-refractivity contribution in [3.05, 3.63) is 75.6 Å². The number of hydrogen-bond acceptors (Lipinski definition) is 6. The quantitative estimate of drug-likeness (QED) is 0.243. The molecule has 8 nitrogen and oxygen atoms in total. The highest BCUT2D eigenvalue weighted by Crippen LogP contribution is 2.27. The minimum atomic E-state index is -0.671. The number of thioether (sulfide) groups is 1. The molecular formula is C20H20ClN5O3S. The molecule has 1 heterocycles. The Kier molecular flexibility index (Phi) is 7.07. The molecule has 3 rings (SSSR count). The Balaban J connectivity index is 1.90. The summed E-state index contributed by atoms with van der Waals surface area (Å²) in [5, 5.41) is 22.1. The van der Waals surface area contributed by atoms with Crippen molar-refractivity contribution >= 4 is 35.0 Å². The molecule has 0 saturated carbocycles. The molecule has 10 heteroatoms. The second kappa shape index (κ2) is 9.73. The summed E-state index contributed by atoms with van der Waals surface area (Å²) in [6.45, 7) is 3.76. The Morgan fingerprint density at radius 2 is 1.93 bits per heavy atom. The standard InChI is InChI=1S/C20H20ClN5O3S/c1-13-5-3-4-6-15(13)12-30-20-24-23-18(11-22-19(27)14(2)21)25(20)16-7-9-17(10-8-16)26(28)29/h3-10,14H,11-12H2,1-2H3,(H,22,27). The lowest BCUT2D eigenvalue weighted by molar-refractivity contribution is -0.384. The summed E-state index contributed by atoms with van der Waals surface area (Å²) in [7, 11) is 0. The lowest BCUT2D eigenvalue weighted by Gasteiger charge is -2.12. The number of amides is 1. The summed E-state index contributed by atoms with van der Waals surface area (Å²) in [6, 6.07) is 14.2. The molecule has 0 saturated heterocycles. The molecule has 2 aromatic carbocycles. The van der Waals surface area contributed by atoms with E-state index in [0.717, 1.165) is 0 Å². The average Bonchev–Trinajstić information content (AvgIpc) is 3.14. The third kappa shape index (κ3) is 5.17. The van der Waals surface area contributed by atoms with E-state index < -0.39 is 10.3 Å². The Labute approximate surface area is 182 Å². The molecule has 30 heavy (non-hydrogen) atoms. The number of carbonyl (C=O) groups excluding carboxylic acids is 1. The van der Waals surface area contributed by atoms with Gasteiger partial charge in [-0.3, -0.25) is 19.5 Å². The Bertz CT molecular complexity index is 1050. The highest BCUT2D eigenvalue weighted by molar-refractivity contribution is 7.98. The summed E-state index contributed by atoms with van der Waals surface area (Å²) in [6.07, 6.45) is 0. The van der Waals surface area contributed by atoms with Gasteiger partial charge in [0, 0.05) is 23.6 Å². The van der Waals surface area contributed by atoms with Crippen LogP contribution in [0.2, 0.25) is 0 Å². The molecule has 0 aliphatic carbocycles. The number of hydrogen-bond donors (Lipinski definition) is 1. The number of non-ortho nitro benzene ring substituents is 1. The van der Waals surface area contributed by atoms with Crippen LogP contribution in [0.5, 0.6) is 0 Å². The molecule has 1 amide bonds. The molecule has 0 spiro atoms. The molecule has 0 radical (unpaired) electrons. The predicted octanol–water partition coefficient (Wildman–Crippen LogP) is 4.02. The minimum Gasteiger partial charge on any atom is -0.348 e. The van der Waals surface area contributed by atoms with Gasteiger partial charge in [-0.15, -0.1) is 21.8 Å². The van der Waals surface area contributed by atoms with Gasteiger partial charge in [-0.05, 0) is 37.1 Å². The summed E-state index contributed by atoms with van der Waals surface area (Å²) in [5.74, 6) is 0.869. The van der Waals surface area contributed by atoms with Crippen LogP contribution in [0.4, 0.5) is 5.69 Å². The topological polar surface area (TPSA) is 103 Å². The van der Waals surface area contributed by atoms with Crippen LogP contribution >= 0.6 is 23.4 Å². The lowest BCUT2D eigenvalue weighted by Crippen LogP contribution is -2.30. The highest BCUT2D eigenvalue weighted by atomic mass is 35.5. The second-order valence-corrected chi connectivity index (χ2v) is 8.15. The maximum atomic E-state index is 11.9. The Morgan fingerprint density at radius 1 is 1.23 bits per heavy atom. The fourth-order valence-corrected chi connectivity index (χ4v) is 3.84. The number of carbonyl (C=O) groups is 1. The summed E-state index contributed by atoms with van der Waals surface area (Å²) in [5.41, 5.74) is 3.01. The van der Waals surface area contributed by atoms with Crippen LogP contribution in [0.1, 0.15) is 23.9 Å². The molecular weight excluding hydrogens is 426 g/mol. The van der Waals surface area contributed by atoms with Crippen LogP contribution in [-0.2, 0) is 17.1 Å². The number of rotatable bonds is 8. The molecule has 0 fully saturated rings. The van der Waals surface area contributed by atoms with E-state index in [1.807, 2.05) is 25.1 Å². The molecule has 156 valence electrons. The van der Waals surface area contributed by atoms with Gasteiger partial charge in [0.15, 0.2) is 11.0 Å². The number of aryl methyl sites for hydroxylation is 1. The molecule has 1 aromatic heterocycles. The van der Waals surface area contributed by atoms with Crippen molar-refractivity contribution in [3.63, 3.8) is 0 Å². The van der Waals surface area contributed by atoms with E-state index in [1.54, 1.807) is 23.6 Å². The van der Waals surface area contributed by atoms with Gasteiger partial charge in [0.25, 0.3) is 5.69 Å². The van der Waals surface area contributed by atoms with Crippen LogP contribution in [0.15, 0.2) is 53.7 Å². The van der Waals surface area contributed by atoms with E-state index in [-0.39, 0.29) is 18.1 Å². The van der Waals surface area contributed by atoms with Gasteiger partial charge in [-0.25, -0.2) is 0 Å². The Hall–Kier alpha value is -2.91. The molecule has 0 aliphatic rings. The summed E-state index contributed by atoms with van der Waals surface area (Å²) >= 11 is 7.31. The van der Waals surface area contributed by atoms with E-state index in [2.05, 4.69) is 21.6 Å². The van der Waals surface area contributed by atoms with Gasteiger partial charge in [0.05, 0.1) is 11.5 Å². The molecule has 3 aromatic rings. The maximum absolute atomic E-state index is 11.9. The predicted molar refractivity (Wildman–Crippen MR) is 116 cm³/mol. The molecule has 0 aliphatic heterocycles. The van der Waals surface area contributed by atoms with Gasteiger partial charge >= 0.3 is 0 Å². The Morgan fingerprint density at radius 3 is 2.57 bits per heavy atom. The second-order valence-electron chi connectivity index (χ2n) is 6.56. The number of halogens is 1. The number of nitro groups is 1. The molecule has 1 N–H and O–H groups in total. The zero-order chi connectivity index (χ0) is 21.7. The largest absolute Gasteiger partial charge is 0.348 e. The van der Waals surface area contributed by atoms with Crippen LogP contribution in [0.25, 0.3) is 5.69 Å². The number of aromatic nitrogens is 3. The van der Waals surface area contributed by atoms with Crippen molar-refractivity contribution in [2.75, 3.05) is 0 Å². The normalized spacial score (nSPS) is 11.8. The van der Waals surface area contributed by atoms with E-state index in [0.29, 0.717) is 22.4 Å². The monoisotopic (exact) mass is 445 g/mol. The van der Waals surface area contributed by atoms with E-state index >= 15 is 0 Å². The number of alkyl halides is 1. The van der Waals surface area contributed by atoms with Gasteiger partial charge in [-0.1, -0.05) is 36.0 Å². The van der Waals surface area contributed by atoms with Crippen molar-refractivity contribution in [3.8, 4) is 5.69 Å². The van der Waals surface area contributed by atoms with E-state index in [1.165, 1.54) is 35.0 Å². The number of nitrogens with zero attached hydrogens (tertiary/aromatic N) is 4. The first-order valence-corrected chi connectivity index (χ1v) is 10.6. The van der Waals surface area contributed by atoms with Crippen molar-refractivity contribution < 1.29 is 9.72 Å². The third-order valence-electron chi connectivity index (χ3n) is 4.42. The minimum absolute atomic E-state index is 0.00763. The van der Waals surface area contributed by atoms with Crippen LogP contribution < -0.4 is 5.32 Å². The van der Waals surface area contributed by atoms with Crippen molar-refractivity contribution in [1.29, 1.82) is 0 Å². The van der Waals surface area contributed by atoms with Crippen molar-refractivity contribution in [1.82, 2.24) is 20.1 Å². The van der Waals surface area contributed by atoms with Crippen LogP contribution in [0.3, 0.4) is 0 Å². The summed E-state index contributed by atoms with van der Waals surface area (Å²) < 4.78 is 1.78. The first-order valence-electron chi connectivity index (χ1n) is 9.15. The zero-order valence-corrected chi connectivity index (χ0v) is 18.0. The smallest absolute Gasteiger partial charge is 0.269 e. The molecule has 1 atom stereocenters. The SMILES string of the molecule is Cc1ccccc1CSc1nnc(CNC(=O)C(C)Cl)n1-c1ccc([N+](=O)[O-])cc1. The molecule has 1 unspecified atom stereocenters. The average molecular weight is 446 g/mol.